The van der Waals surface area contributed by atoms with Gasteiger partial charge in [-0.3, -0.25) is 0 Å². The monoisotopic (exact) mass is 294 g/mol. The molecule has 1 aromatic rings. The average molecular weight is 294 g/mol. The minimum absolute atomic E-state index is 0.0671. The summed E-state index contributed by atoms with van der Waals surface area (Å²) in [5.41, 5.74) is 0.379. The standard InChI is InChI=1S/C8H12O3.C7H6O3/c1-6(2)8(9)10-4-3-7-5-11-7;8-6-4-2-1-3-5(6)7(9)10/h7H,1,3-5H2,2H3;1-4,8H,(H,9,10). The van der Waals surface area contributed by atoms with Crippen LogP contribution in [0.15, 0.2) is 36.4 Å². The van der Waals surface area contributed by atoms with Crippen LogP contribution < -0.4 is 0 Å². The van der Waals surface area contributed by atoms with Gasteiger partial charge in [0.1, 0.15) is 11.3 Å². The molecule has 1 aliphatic rings. The molecule has 1 aliphatic heterocycles. The number of aromatic hydroxyl groups is 1. The van der Waals surface area contributed by atoms with Crippen molar-refractivity contribution in [3.63, 3.8) is 0 Å². The number of carbonyl (C=O) groups excluding carboxylic acids is 1. The summed E-state index contributed by atoms with van der Waals surface area (Å²) in [4.78, 5) is 21.0. The summed E-state index contributed by atoms with van der Waals surface area (Å²) in [6.45, 7) is 6.35. The van der Waals surface area contributed by atoms with Crippen LogP contribution in [0.2, 0.25) is 0 Å². The van der Waals surface area contributed by atoms with Crippen LogP contribution in [0.5, 0.6) is 5.75 Å². The zero-order valence-electron chi connectivity index (χ0n) is 11.7. The Bertz CT molecular complexity index is 519. The van der Waals surface area contributed by atoms with E-state index >= 15 is 0 Å². The number of hydrogen-bond acceptors (Lipinski definition) is 5. The highest BCUT2D eigenvalue weighted by Crippen LogP contribution is 2.14. The number of epoxide rings is 1. The zero-order chi connectivity index (χ0) is 15.8. The molecule has 1 aromatic carbocycles. The Morgan fingerprint density at radius 3 is 2.48 bits per heavy atom. The van der Waals surface area contributed by atoms with E-state index in [0.29, 0.717) is 18.3 Å². The second-order valence-corrected chi connectivity index (χ2v) is 4.48. The van der Waals surface area contributed by atoms with E-state index in [0.717, 1.165) is 13.0 Å². The molecule has 0 bridgehead atoms. The topological polar surface area (TPSA) is 96.4 Å². The molecule has 0 radical (unpaired) electrons. The SMILES string of the molecule is C=C(C)C(=O)OCCC1CO1.O=C(O)c1ccccc1O. The Labute approximate surface area is 122 Å². The Morgan fingerprint density at radius 2 is 2.05 bits per heavy atom. The molecule has 1 unspecified atom stereocenters. The van der Waals surface area contributed by atoms with E-state index < -0.39 is 5.97 Å². The van der Waals surface area contributed by atoms with Crippen LogP contribution in [0.25, 0.3) is 0 Å². The molecule has 0 aliphatic carbocycles. The predicted octanol–water partition coefficient (Wildman–Crippen LogP) is 1.99. The van der Waals surface area contributed by atoms with Gasteiger partial charge in [-0.25, -0.2) is 9.59 Å². The van der Waals surface area contributed by atoms with Crippen molar-refractivity contribution >= 4 is 11.9 Å². The van der Waals surface area contributed by atoms with E-state index in [1.807, 2.05) is 0 Å². The third-order valence-corrected chi connectivity index (χ3v) is 2.56. The molecule has 2 rings (SSSR count). The lowest BCUT2D eigenvalue weighted by molar-refractivity contribution is -0.139. The summed E-state index contributed by atoms with van der Waals surface area (Å²) in [5.74, 6) is -1.63. The fraction of sp³-hybridized carbons (Fsp3) is 0.333. The van der Waals surface area contributed by atoms with Gasteiger partial charge in [0.05, 0.1) is 19.3 Å². The molecule has 6 nitrogen and oxygen atoms in total. The first kappa shape index (κ1) is 16.7. The Hall–Kier alpha value is -2.34. The first-order valence-electron chi connectivity index (χ1n) is 6.37. The Morgan fingerprint density at radius 1 is 1.43 bits per heavy atom. The number of carboxylic acid groups (broad SMARTS) is 1. The molecule has 1 atom stereocenters. The summed E-state index contributed by atoms with van der Waals surface area (Å²) in [6.07, 6.45) is 1.13. The molecule has 0 amide bonds. The van der Waals surface area contributed by atoms with Gasteiger partial charge in [0.15, 0.2) is 0 Å². The van der Waals surface area contributed by atoms with Gasteiger partial charge in [-0.1, -0.05) is 18.7 Å². The van der Waals surface area contributed by atoms with Crippen LogP contribution in [-0.2, 0) is 14.3 Å². The first-order valence-corrected chi connectivity index (χ1v) is 6.37. The maximum atomic E-state index is 10.8. The van der Waals surface area contributed by atoms with Gasteiger partial charge < -0.3 is 19.7 Å². The van der Waals surface area contributed by atoms with Crippen molar-refractivity contribution in [3.05, 3.63) is 42.0 Å². The Kier molecular flexibility index (Phi) is 6.42. The number of rotatable bonds is 5. The second-order valence-electron chi connectivity index (χ2n) is 4.48. The van der Waals surface area contributed by atoms with Crippen molar-refractivity contribution in [1.82, 2.24) is 0 Å². The molecule has 1 fully saturated rings. The van der Waals surface area contributed by atoms with Crippen LogP contribution in [0.1, 0.15) is 23.7 Å². The molecule has 1 saturated heterocycles. The van der Waals surface area contributed by atoms with Crippen molar-refractivity contribution in [3.8, 4) is 5.75 Å². The summed E-state index contributed by atoms with van der Waals surface area (Å²) in [7, 11) is 0. The van der Waals surface area contributed by atoms with Crippen LogP contribution >= 0.6 is 0 Å². The number of para-hydroxylation sites is 1. The van der Waals surface area contributed by atoms with Crippen molar-refractivity contribution < 1.29 is 29.3 Å². The average Bonchev–Trinajstić information content (AvgIpc) is 3.23. The molecule has 2 N–H and O–H groups in total. The molecule has 0 saturated carbocycles. The third-order valence-electron chi connectivity index (χ3n) is 2.56. The van der Waals surface area contributed by atoms with E-state index in [4.69, 9.17) is 19.7 Å². The molecule has 21 heavy (non-hydrogen) atoms. The maximum absolute atomic E-state index is 10.8. The van der Waals surface area contributed by atoms with Gasteiger partial charge in [-0.2, -0.15) is 0 Å². The number of aromatic carboxylic acids is 1. The fourth-order valence-electron chi connectivity index (χ4n) is 1.30. The molecule has 6 heteroatoms. The molecule has 114 valence electrons. The van der Waals surface area contributed by atoms with E-state index in [9.17, 15) is 9.59 Å². The van der Waals surface area contributed by atoms with Gasteiger partial charge in [0, 0.05) is 12.0 Å². The highest BCUT2D eigenvalue weighted by molar-refractivity contribution is 5.90. The zero-order valence-corrected chi connectivity index (χ0v) is 11.7. The van der Waals surface area contributed by atoms with Gasteiger partial charge in [-0.15, -0.1) is 0 Å². The van der Waals surface area contributed by atoms with E-state index in [1.165, 1.54) is 12.1 Å². The number of carboxylic acids is 1. The van der Waals surface area contributed by atoms with E-state index in [2.05, 4.69) is 6.58 Å². The summed E-state index contributed by atoms with van der Waals surface area (Å²) in [6, 6.07) is 5.81. The van der Waals surface area contributed by atoms with Gasteiger partial charge in [0.25, 0.3) is 0 Å². The van der Waals surface area contributed by atoms with Crippen molar-refractivity contribution in [2.75, 3.05) is 13.2 Å². The number of esters is 1. The summed E-state index contributed by atoms with van der Waals surface area (Å²) >= 11 is 0. The van der Waals surface area contributed by atoms with Crippen LogP contribution in [-0.4, -0.2) is 41.5 Å². The van der Waals surface area contributed by atoms with E-state index in [1.54, 1.807) is 19.1 Å². The lowest BCUT2D eigenvalue weighted by Gasteiger charge is -2.01. The van der Waals surface area contributed by atoms with Gasteiger partial charge >= 0.3 is 11.9 Å². The molecular weight excluding hydrogens is 276 g/mol. The number of benzene rings is 1. The minimum atomic E-state index is -1.11. The van der Waals surface area contributed by atoms with Crippen molar-refractivity contribution in [2.45, 2.75) is 19.4 Å². The largest absolute Gasteiger partial charge is 0.507 e. The third kappa shape index (κ3) is 6.58. The number of phenols is 1. The summed E-state index contributed by atoms with van der Waals surface area (Å²) in [5, 5.41) is 17.3. The maximum Gasteiger partial charge on any atom is 0.339 e. The molecule has 0 spiro atoms. The second kappa shape index (κ2) is 8.06. The number of hydrogen-bond donors (Lipinski definition) is 2. The molecule has 1 heterocycles. The van der Waals surface area contributed by atoms with Crippen molar-refractivity contribution in [2.24, 2.45) is 0 Å². The normalized spacial score (nSPS) is 15.4. The summed E-state index contributed by atoms with van der Waals surface area (Å²) < 4.78 is 9.77. The lowest BCUT2D eigenvalue weighted by atomic mass is 10.2. The highest BCUT2D eigenvalue weighted by atomic mass is 16.6. The minimum Gasteiger partial charge on any atom is -0.507 e. The molecular formula is C15H18O6. The highest BCUT2D eigenvalue weighted by Gasteiger charge is 2.22. The molecule has 0 aromatic heterocycles. The quantitative estimate of drug-likeness (QED) is 0.490. The number of carbonyl (C=O) groups is 2. The Balaban J connectivity index is 0.000000211. The van der Waals surface area contributed by atoms with Crippen LogP contribution in [0.4, 0.5) is 0 Å². The fourth-order valence-corrected chi connectivity index (χ4v) is 1.30. The number of ether oxygens (including phenoxy) is 2. The van der Waals surface area contributed by atoms with E-state index in [-0.39, 0.29) is 17.3 Å². The van der Waals surface area contributed by atoms with Crippen molar-refractivity contribution in [1.29, 1.82) is 0 Å². The van der Waals surface area contributed by atoms with Gasteiger partial charge in [0.2, 0.25) is 0 Å². The van der Waals surface area contributed by atoms with Crippen LogP contribution in [0.3, 0.4) is 0 Å². The first-order chi connectivity index (χ1) is 9.91. The van der Waals surface area contributed by atoms with Crippen LogP contribution in [0, 0.1) is 0 Å². The van der Waals surface area contributed by atoms with Gasteiger partial charge in [-0.05, 0) is 19.1 Å². The lowest BCUT2D eigenvalue weighted by Crippen LogP contribution is -2.07. The smallest absolute Gasteiger partial charge is 0.339 e. The predicted molar refractivity (Wildman–Crippen MR) is 75.2 cm³/mol.